The predicted molar refractivity (Wildman–Crippen MR) is 77.1 cm³/mol. The lowest BCUT2D eigenvalue weighted by atomic mass is 10.1. The van der Waals surface area contributed by atoms with Gasteiger partial charge in [0.2, 0.25) is 0 Å². The van der Waals surface area contributed by atoms with Crippen molar-refractivity contribution in [1.82, 2.24) is 4.90 Å². The average Bonchev–Trinajstić information content (AvgIpc) is 2.52. The van der Waals surface area contributed by atoms with Gasteiger partial charge in [0.15, 0.2) is 0 Å². The highest BCUT2D eigenvalue weighted by molar-refractivity contribution is 9.10. The lowest BCUT2D eigenvalue weighted by Gasteiger charge is -2.30. The number of fused-ring (bicyclic) bond motifs is 1. The molecule has 2 heterocycles. The Morgan fingerprint density at radius 2 is 2.11 bits per heavy atom. The van der Waals surface area contributed by atoms with Crippen LogP contribution in [0, 0.1) is 6.92 Å². The van der Waals surface area contributed by atoms with Crippen LogP contribution in [0.1, 0.15) is 36.1 Å². The summed E-state index contributed by atoms with van der Waals surface area (Å²) in [6.45, 7) is 9.18. The van der Waals surface area contributed by atoms with Crippen LogP contribution in [0.2, 0.25) is 0 Å². The van der Waals surface area contributed by atoms with E-state index in [4.69, 9.17) is 4.74 Å². The van der Waals surface area contributed by atoms with E-state index in [-0.39, 0.29) is 6.09 Å². The van der Waals surface area contributed by atoms with Crippen LogP contribution in [0.5, 0.6) is 0 Å². The number of aryl methyl sites for hydroxylation is 1. The number of nitrogens with zero attached hydrogens (tertiary/aromatic N) is 1. The third-order valence-electron chi connectivity index (χ3n) is 2.80. The summed E-state index contributed by atoms with van der Waals surface area (Å²) in [6, 6.07) is 0. The van der Waals surface area contributed by atoms with Crippen LogP contribution in [0.25, 0.3) is 0 Å². The molecule has 1 aliphatic heterocycles. The Balaban J connectivity index is 2.12. The summed E-state index contributed by atoms with van der Waals surface area (Å²) in [5, 5.41) is 0. The summed E-state index contributed by atoms with van der Waals surface area (Å²) in [6.07, 6.45) is 0.704. The van der Waals surface area contributed by atoms with Gasteiger partial charge in [0.25, 0.3) is 0 Å². The molecular weight excluding hydrogens is 314 g/mol. The number of thiophene rings is 1. The van der Waals surface area contributed by atoms with E-state index in [9.17, 15) is 4.79 Å². The Labute approximate surface area is 120 Å². The Bertz CT molecular complexity index is 476. The number of hydrogen-bond acceptors (Lipinski definition) is 3. The second-order valence-electron chi connectivity index (χ2n) is 5.53. The van der Waals surface area contributed by atoms with Crippen LogP contribution in [0.15, 0.2) is 4.47 Å². The maximum Gasteiger partial charge on any atom is 0.410 e. The zero-order valence-corrected chi connectivity index (χ0v) is 13.6. The van der Waals surface area contributed by atoms with E-state index in [0.717, 1.165) is 17.4 Å². The zero-order chi connectivity index (χ0) is 13.5. The molecule has 1 aliphatic rings. The highest BCUT2D eigenvalue weighted by Gasteiger charge is 2.28. The quantitative estimate of drug-likeness (QED) is 0.715. The van der Waals surface area contributed by atoms with Gasteiger partial charge in [-0.3, -0.25) is 0 Å². The minimum atomic E-state index is -0.431. The third kappa shape index (κ3) is 2.88. The van der Waals surface area contributed by atoms with Crippen molar-refractivity contribution >= 4 is 33.4 Å². The minimum Gasteiger partial charge on any atom is -0.444 e. The molecule has 3 nitrogen and oxygen atoms in total. The fourth-order valence-electron chi connectivity index (χ4n) is 1.97. The first kappa shape index (κ1) is 13.9. The number of carbonyl (C=O) groups excluding carboxylic acids is 1. The Hall–Kier alpha value is -0.550. The molecule has 0 unspecified atom stereocenters. The summed E-state index contributed by atoms with van der Waals surface area (Å²) in [7, 11) is 0. The van der Waals surface area contributed by atoms with E-state index in [1.165, 1.54) is 15.3 Å². The number of rotatable bonds is 0. The van der Waals surface area contributed by atoms with E-state index in [1.807, 2.05) is 32.1 Å². The van der Waals surface area contributed by atoms with Gasteiger partial charge in [0.1, 0.15) is 5.60 Å². The molecule has 18 heavy (non-hydrogen) atoms. The second kappa shape index (κ2) is 4.85. The molecule has 0 aromatic carbocycles. The van der Waals surface area contributed by atoms with Gasteiger partial charge >= 0.3 is 6.09 Å². The van der Waals surface area contributed by atoms with E-state index >= 15 is 0 Å². The monoisotopic (exact) mass is 331 g/mol. The first-order valence-corrected chi connectivity index (χ1v) is 7.63. The highest BCUT2D eigenvalue weighted by atomic mass is 79.9. The van der Waals surface area contributed by atoms with E-state index < -0.39 is 5.60 Å². The molecule has 100 valence electrons. The van der Waals surface area contributed by atoms with Gasteiger partial charge in [0.05, 0.1) is 6.54 Å². The maximum atomic E-state index is 12.0. The molecule has 1 aromatic heterocycles. The second-order valence-corrected chi connectivity index (χ2v) is 7.63. The van der Waals surface area contributed by atoms with Crippen LogP contribution in [-0.4, -0.2) is 23.1 Å². The van der Waals surface area contributed by atoms with E-state index in [0.29, 0.717) is 6.54 Å². The fraction of sp³-hybridized carbons (Fsp3) is 0.615. The van der Waals surface area contributed by atoms with Crippen molar-refractivity contribution in [2.75, 3.05) is 6.54 Å². The SMILES string of the molecule is Cc1sc2c(c1Br)CN(C(=O)OC(C)(C)C)CC2. The van der Waals surface area contributed by atoms with Crippen LogP contribution in [0.3, 0.4) is 0 Å². The average molecular weight is 332 g/mol. The van der Waals surface area contributed by atoms with Gasteiger partial charge in [-0.1, -0.05) is 0 Å². The topological polar surface area (TPSA) is 29.5 Å². The number of amides is 1. The van der Waals surface area contributed by atoms with E-state index in [2.05, 4.69) is 22.9 Å². The van der Waals surface area contributed by atoms with Gasteiger partial charge in [-0.15, -0.1) is 11.3 Å². The lowest BCUT2D eigenvalue weighted by Crippen LogP contribution is -2.39. The maximum absolute atomic E-state index is 12.0. The van der Waals surface area contributed by atoms with Crippen molar-refractivity contribution in [2.45, 2.75) is 46.3 Å². The fourth-order valence-corrected chi connectivity index (χ4v) is 3.78. The Morgan fingerprint density at radius 3 is 2.72 bits per heavy atom. The van der Waals surface area contributed by atoms with Crippen LogP contribution < -0.4 is 0 Å². The van der Waals surface area contributed by atoms with Crippen molar-refractivity contribution in [1.29, 1.82) is 0 Å². The molecule has 5 heteroatoms. The smallest absolute Gasteiger partial charge is 0.410 e. The lowest BCUT2D eigenvalue weighted by molar-refractivity contribution is 0.0225. The summed E-state index contributed by atoms with van der Waals surface area (Å²) in [4.78, 5) is 16.5. The summed E-state index contributed by atoms with van der Waals surface area (Å²) < 4.78 is 6.56. The molecule has 1 aromatic rings. The van der Waals surface area contributed by atoms with Gasteiger partial charge in [-0.05, 0) is 50.0 Å². The molecule has 0 radical (unpaired) electrons. The van der Waals surface area contributed by atoms with Gasteiger partial charge < -0.3 is 9.64 Å². The van der Waals surface area contributed by atoms with Gasteiger partial charge in [-0.25, -0.2) is 4.79 Å². The van der Waals surface area contributed by atoms with Gasteiger partial charge in [-0.2, -0.15) is 0 Å². The normalized spacial score (nSPS) is 15.5. The zero-order valence-electron chi connectivity index (χ0n) is 11.2. The van der Waals surface area contributed by atoms with Crippen molar-refractivity contribution < 1.29 is 9.53 Å². The molecule has 0 N–H and O–H groups in total. The highest BCUT2D eigenvalue weighted by Crippen LogP contribution is 2.36. The molecule has 0 saturated carbocycles. The molecule has 0 spiro atoms. The number of hydrogen-bond donors (Lipinski definition) is 0. The standard InChI is InChI=1S/C13H18BrNO2S/c1-8-11(14)9-7-15(6-5-10(9)18-8)12(16)17-13(2,3)4/h5-7H2,1-4H3. The molecule has 0 bridgehead atoms. The van der Waals surface area contributed by atoms with E-state index in [1.54, 1.807) is 4.90 Å². The van der Waals surface area contributed by atoms with Crippen LogP contribution >= 0.6 is 27.3 Å². The Morgan fingerprint density at radius 1 is 1.44 bits per heavy atom. The molecule has 0 aliphatic carbocycles. The number of carbonyl (C=O) groups is 1. The van der Waals surface area contributed by atoms with Crippen LogP contribution in [0.4, 0.5) is 4.79 Å². The van der Waals surface area contributed by atoms with Crippen molar-refractivity contribution in [3.63, 3.8) is 0 Å². The predicted octanol–water partition coefficient (Wildman–Crippen LogP) is 4.11. The first-order valence-electron chi connectivity index (χ1n) is 6.02. The first-order chi connectivity index (χ1) is 8.28. The third-order valence-corrected chi connectivity index (χ3v) is 5.34. The molecule has 2 rings (SSSR count). The molecule has 0 saturated heterocycles. The number of halogens is 1. The molecule has 0 fully saturated rings. The molecule has 0 atom stereocenters. The number of ether oxygens (including phenoxy) is 1. The largest absolute Gasteiger partial charge is 0.444 e. The summed E-state index contributed by atoms with van der Waals surface area (Å²) in [5.74, 6) is 0. The van der Waals surface area contributed by atoms with Crippen molar-refractivity contribution in [3.8, 4) is 0 Å². The molecule has 1 amide bonds. The van der Waals surface area contributed by atoms with Crippen LogP contribution in [-0.2, 0) is 17.7 Å². The minimum absolute atomic E-state index is 0.219. The van der Waals surface area contributed by atoms with Crippen molar-refractivity contribution in [2.24, 2.45) is 0 Å². The summed E-state index contributed by atoms with van der Waals surface area (Å²) >= 11 is 5.42. The van der Waals surface area contributed by atoms with Gasteiger partial charge in [0, 0.05) is 26.3 Å². The molecular formula is C13H18BrNO2S. The van der Waals surface area contributed by atoms with Crippen molar-refractivity contribution in [3.05, 3.63) is 19.8 Å². The summed E-state index contributed by atoms with van der Waals surface area (Å²) in [5.41, 5.74) is 0.814. The Kier molecular flexibility index (Phi) is 3.74.